The van der Waals surface area contributed by atoms with Gasteiger partial charge in [-0.1, -0.05) is 20.8 Å². The monoisotopic (exact) mass is 357 g/mol. The van der Waals surface area contributed by atoms with Crippen LogP contribution in [0, 0.1) is 17.8 Å². The van der Waals surface area contributed by atoms with Crippen molar-refractivity contribution in [1.82, 2.24) is 10.6 Å². The van der Waals surface area contributed by atoms with Crippen molar-refractivity contribution in [1.29, 1.82) is 0 Å². The number of hydrogen-bond donors (Lipinski definition) is 2. The predicted octanol–water partition coefficient (Wildman–Crippen LogP) is 2.58. The Hall–Kier alpha value is -0.780. The lowest BCUT2D eigenvalue weighted by Crippen LogP contribution is -2.48. The first-order chi connectivity index (χ1) is 11.3. The summed E-state index contributed by atoms with van der Waals surface area (Å²) in [6, 6.07) is 0.835. The number of guanidine groups is 1. The number of sulfone groups is 1. The minimum atomic E-state index is -2.82. The van der Waals surface area contributed by atoms with Gasteiger partial charge in [0.1, 0.15) is 0 Å². The molecule has 0 bridgehead atoms. The van der Waals surface area contributed by atoms with Gasteiger partial charge in [-0.15, -0.1) is 0 Å². The van der Waals surface area contributed by atoms with Crippen LogP contribution in [-0.2, 0) is 9.84 Å². The molecule has 5 unspecified atom stereocenters. The summed E-state index contributed by atoms with van der Waals surface area (Å²) >= 11 is 0. The van der Waals surface area contributed by atoms with Crippen molar-refractivity contribution < 1.29 is 8.42 Å². The number of aliphatic imine (C=N–C) groups is 1. The van der Waals surface area contributed by atoms with Crippen molar-refractivity contribution in [2.24, 2.45) is 22.7 Å². The second-order valence-corrected chi connectivity index (χ2v) is 10.2. The Balaban J connectivity index is 1.95. The van der Waals surface area contributed by atoms with Crippen LogP contribution in [0.4, 0.5) is 0 Å². The molecule has 5 atom stereocenters. The fourth-order valence-electron chi connectivity index (χ4n) is 3.58. The van der Waals surface area contributed by atoms with E-state index in [2.05, 4.69) is 38.3 Å². The lowest BCUT2D eigenvalue weighted by Gasteiger charge is -2.33. The van der Waals surface area contributed by atoms with E-state index in [1.165, 1.54) is 19.3 Å². The van der Waals surface area contributed by atoms with Gasteiger partial charge >= 0.3 is 0 Å². The largest absolute Gasteiger partial charge is 0.354 e. The van der Waals surface area contributed by atoms with Crippen LogP contribution in [0.25, 0.3) is 0 Å². The normalized spacial score (nSPS) is 34.8. The number of nitrogens with one attached hydrogen (secondary N) is 2. The maximum Gasteiger partial charge on any atom is 0.191 e. The summed E-state index contributed by atoms with van der Waals surface area (Å²) in [4.78, 5) is 4.73. The van der Waals surface area contributed by atoms with Gasteiger partial charge in [-0.25, -0.2) is 8.42 Å². The van der Waals surface area contributed by atoms with Gasteiger partial charge in [0.25, 0.3) is 0 Å². The molecule has 0 aromatic heterocycles. The number of nitrogens with zero attached hydrogens (tertiary/aromatic N) is 1. The molecule has 1 heterocycles. The predicted molar refractivity (Wildman–Crippen MR) is 101 cm³/mol. The molecule has 6 heteroatoms. The molecule has 140 valence electrons. The van der Waals surface area contributed by atoms with Crippen LogP contribution in [0.3, 0.4) is 0 Å². The van der Waals surface area contributed by atoms with E-state index < -0.39 is 9.84 Å². The summed E-state index contributed by atoms with van der Waals surface area (Å²) in [5.74, 6) is 3.20. The second kappa shape index (κ2) is 8.54. The second-order valence-electron chi connectivity index (χ2n) is 8.02. The molecule has 1 saturated carbocycles. The van der Waals surface area contributed by atoms with Crippen molar-refractivity contribution in [2.45, 2.75) is 71.9 Å². The first kappa shape index (κ1) is 19.5. The molecule has 24 heavy (non-hydrogen) atoms. The first-order valence-electron chi connectivity index (χ1n) is 9.57. The molecule has 0 aromatic rings. The van der Waals surface area contributed by atoms with Crippen molar-refractivity contribution >= 4 is 15.8 Å². The third kappa shape index (κ3) is 5.94. The van der Waals surface area contributed by atoms with E-state index >= 15 is 0 Å². The highest BCUT2D eigenvalue weighted by molar-refractivity contribution is 7.91. The Morgan fingerprint density at radius 1 is 1.21 bits per heavy atom. The minimum Gasteiger partial charge on any atom is -0.354 e. The molecule has 2 aliphatic rings. The third-order valence-corrected chi connectivity index (χ3v) is 7.61. The molecule has 5 nitrogen and oxygen atoms in total. The van der Waals surface area contributed by atoms with E-state index in [1.807, 2.05) is 0 Å². The molecular weight excluding hydrogens is 322 g/mol. The van der Waals surface area contributed by atoms with E-state index in [-0.39, 0.29) is 5.92 Å². The van der Waals surface area contributed by atoms with E-state index in [0.717, 1.165) is 30.6 Å². The Morgan fingerprint density at radius 3 is 2.54 bits per heavy atom. The van der Waals surface area contributed by atoms with Crippen LogP contribution in [0.2, 0.25) is 0 Å². The van der Waals surface area contributed by atoms with Gasteiger partial charge < -0.3 is 10.6 Å². The fourth-order valence-corrected chi connectivity index (χ4v) is 5.43. The molecule has 1 aliphatic carbocycles. The van der Waals surface area contributed by atoms with Crippen LogP contribution >= 0.6 is 0 Å². The van der Waals surface area contributed by atoms with E-state index in [4.69, 9.17) is 4.99 Å². The molecule has 2 rings (SSSR count). The highest BCUT2D eigenvalue weighted by atomic mass is 32.2. The van der Waals surface area contributed by atoms with E-state index in [9.17, 15) is 8.42 Å². The van der Waals surface area contributed by atoms with Gasteiger partial charge in [0.15, 0.2) is 15.8 Å². The summed E-state index contributed by atoms with van der Waals surface area (Å²) in [6.45, 7) is 9.59. The molecule has 0 amide bonds. The highest BCUT2D eigenvalue weighted by Gasteiger charge is 2.28. The summed E-state index contributed by atoms with van der Waals surface area (Å²) in [5, 5.41) is 7.08. The lowest BCUT2D eigenvalue weighted by atomic mass is 9.79. The standard InChI is InChI=1S/C18H35N3O2S/c1-5-15(4)20-18(19-11-16-8-9-24(22,23)12-16)21-17-7-6-13(2)14(3)10-17/h13-17H,5-12H2,1-4H3,(H2,19,20,21). The van der Waals surface area contributed by atoms with Gasteiger partial charge in [-0.05, 0) is 56.8 Å². The van der Waals surface area contributed by atoms with Crippen molar-refractivity contribution in [3.8, 4) is 0 Å². The van der Waals surface area contributed by atoms with E-state index in [0.29, 0.717) is 30.1 Å². The smallest absolute Gasteiger partial charge is 0.191 e. The zero-order chi connectivity index (χ0) is 17.7. The Morgan fingerprint density at radius 2 is 1.96 bits per heavy atom. The highest BCUT2D eigenvalue weighted by Crippen LogP contribution is 2.29. The van der Waals surface area contributed by atoms with Gasteiger partial charge in [0.2, 0.25) is 0 Å². The average Bonchev–Trinajstić information content (AvgIpc) is 2.87. The third-order valence-electron chi connectivity index (χ3n) is 5.77. The summed E-state index contributed by atoms with van der Waals surface area (Å²) in [5.41, 5.74) is 0. The average molecular weight is 358 g/mol. The van der Waals surface area contributed by atoms with Crippen LogP contribution in [-0.4, -0.2) is 44.5 Å². The van der Waals surface area contributed by atoms with Crippen LogP contribution < -0.4 is 10.6 Å². The van der Waals surface area contributed by atoms with Gasteiger partial charge in [0, 0.05) is 18.6 Å². The van der Waals surface area contributed by atoms with E-state index in [1.54, 1.807) is 0 Å². The molecular formula is C18H35N3O2S. The molecule has 0 spiro atoms. The van der Waals surface area contributed by atoms with Gasteiger partial charge in [-0.2, -0.15) is 0 Å². The Kier molecular flexibility index (Phi) is 6.96. The quantitative estimate of drug-likeness (QED) is 0.586. The maximum atomic E-state index is 11.6. The zero-order valence-corrected chi connectivity index (χ0v) is 16.5. The number of hydrogen-bond acceptors (Lipinski definition) is 3. The van der Waals surface area contributed by atoms with Gasteiger partial charge in [0.05, 0.1) is 11.5 Å². The summed E-state index contributed by atoms with van der Waals surface area (Å²) < 4.78 is 23.2. The Bertz CT molecular complexity index is 532. The number of rotatable bonds is 5. The summed E-state index contributed by atoms with van der Waals surface area (Å²) in [6.07, 6.45) is 5.41. The van der Waals surface area contributed by atoms with Crippen LogP contribution in [0.5, 0.6) is 0 Å². The van der Waals surface area contributed by atoms with Crippen molar-refractivity contribution in [3.63, 3.8) is 0 Å². The first-order valence-corrected chi connectivity index (χ1v) is 11.4. The lowest BCUT2D eigenvalue weighted by molar-refractivity contribution is 0.239. The molecule has 2 N–H and O–H groups in total. The van der Waals surface area contributed by atoms with Crippen LogP contribution in [0.15, 0.2) is 4.99 Å². The maximum absolute atomic E-state index is 11.6. The molecule has 0 radical (unpaired) electrons. The molecule has 0 aromatic carbocycles. The fraction of sp³-hybridized carbons (Fsp3) is 0.944. The molecule has 2 fully saturated rings. The topological polar surface area (TPSA) is 70.6 Å². The van der Waals surface area contributed by atoms with Gasteiger partial charge in [-0.3, -0.25) is 4.99 Å². The minimum absolute atomic E-state index is 0.177. The summed E-state index contributed by atoms with van der Waals surface area (Å²) in [7, 11) is -2.82. The Labute approximate surface area is 148 Å². The SMILES string of the molecule is CCC(C)NC(=NCC1CCS(=O)(=O)C1)NC1CCC(C)C(C)C1. The zero-order valence-electron chi connectivity index (χ0n) is 15.7. The van der Waals surface area contributed by atoms with Crippen molar-refractivity contribution in [3.05, 3.63) is 0 Å². The molecule has 1 aliphatic heterocycles. The van der Waals surface area contributed by atoms with Crippen molar-refractivity contribution in [2.75, 3.05) is 18.1 Å². The molecule has 1 saturated heterocycles. The van der Waals surface area contributed by atoms with Crippen LogP contribution in [0.1, 0.15) is 59.8 Å².